The fourth-order valence-electron chi connectivity index (χ4n) is 1.51. The topological polar surface area (TPSA) is 80.9 Å². The van der Waals surface area contributed by atoms with Crippen LogP contribution in [0, 0.1) is 0 Å². The monoisotopic (exact) mass is 292 g/mol. The molecule has 0 amide bonds. The van der Waals surface area contributed by atoms with E-state index >= 15 is 0 Å². The molecule has 0 aliphatic heterocycles. The van der Waals surface area contributed by atoms with Crippen LogP contribution in [0.4, 0.5) is 0 Å². The minimum atomic E-state index is -0.918. The second-order valence-corrected chi connectivity index (χ2v) is 4.03. The third-order valence-electron chi connectivity index (χ3n) is 2.39. The minimum absolute atomic E-state index is 0. The molecule has 0 bridgehead atoms. The molecule has 1 unspecified atom stereocenters. The second kappa shape index (κ2) is 11.7. The predicted octanol–water partition coefficient (Wildman–Crippen LogP) is 0.261. The molecule has 94 valence electrons. The first kappa shape index (κ1) is 21.2. The van der Waals surface area contributed by atoms with Crippen LogP contribution in [0.15, 0.2) is 5.16 Å². The SMILES string of the molecule is CCCCCCC(C(=O)O)n1nnnc1S.[NaH].[NaH]. The van der Waals surface area contributed by atoms with Crippen molar-refractivity contribution in [1.29, 1.82) is 0 Å². The van der Waals surface area contributed by atoms with Crippen molar-refractivity contribution >= 4 is 77.7 Å². The van der Waals surface area contributed by atoms with E-state index in [0.29, 0.717) is 6.42 Å². The van der Waals surface area contributed by atoms with Gasteiger partial charge in [-0.15, -0.1) is 17.7 Å². The molecule has 1 aromatic rings. The molecule has 0 spiro atoms. The number of aliphatic carboxylic acids is 1. The molecule has 9 heteroatoms. The van der Waals surface area contributed by atoms with Gasteiger partial charge in [0.2, 0.25) is 5.16 Å². The van der Waals surface area contributed by atoms with E-state index in [0.717, 1.165) is 25.7 Å². The molecule has 0 saturated carbocycles. The van der Waals surface area contributed by atoms with E-state index in [-0.39, 0.29) is 64.3 Å². The van der Waals surface area contributed by atoms with Gasteiger partial charge in [-0.2, -0.15) is 0 Å². The quantitative estimate of drug-likeness (QED) is 0.428. The molecule has 0 aliphatic rings. The molecular formula is C9H18N4Na2O2S. The van der Waals surface area contributed by atoms with Gasteiger partial charge >= 0.3 is 65.1 Å². The zero-order valence-electron chi connectivity index (χ0n) is 9.20. The molecule has 0 radical (unpaired) electrons. The van der Waals surface area contributed by atoms with Gasteiger partial charge in [0.1, 0.15) is 0 Å². The Morgan fingerprint density at radius 2 is 2.06 bits per heavy atom. The summed E-state index contributed by atoms with van der Waals surface area (Å²) in [5.41, 5.74) is 0. The van der Waals surface area contributed by atoms with Crippen molar-refractivity contribution in [3.63, 3.8) is 0 Å². The summed E-state index contributed by atoms with van der Waals surface area (Å²) in [4.78, 5) is 11.1. The second-order valence-electron chi connectivity index (χ2n) is 3.63. The molecule has 1 aromatic heterocycles. The Kier molecular flexibility index (Phi) is 13.8. The predicted molar refractivity (Wildman–Crippen MR) is 74.8 cm³/mol. The van der Waals surface area contributed by atoms with Gasteiger partial charge in [0.05, 0.1) is 0 Å². The van der Waals surface area contributed by atoms with Crippen LogP contribution >= 0.6 is 12.6 Å². The molecule has 6 nitrogen and oxygen atoms in total. The van der Waals surface area contributed by atoms with Gasteiger partial charge in [0, 0.05) is 0 Å². The van der Waals surface area contributed by atoms with Gasteiger partial charge in [0.15, 0.2) is 6.04 Å². The van der Waals surface area contributed by atoms with Crippen molar-refractivity contribution in [3.05, 3.63) is 0 Å². The fraction of sp³-hybridized carbons (Fsp3) is 0.778. The fourth-order valence-corrected chi connectivity index (χ4v) is 1.72. The molecule has 0 saturated heterocycles. The summed E-state index contributed by atoms with van der Waals surface area (Å²) in [5, 5.41) is 19.9. The zero-order valence-corrected chi connectivity index (χ0v) is 10.1. The third-order valence-corrected chi connectivity index (χ3v) is 2.68. The Balaban J connectivity index is 0. The van der Waals surface area contributed by atoms with E-state index in [1.165, 1.54) is 4.68 Å². The van der Waals surface area contributed by atoms with Crippen LogP contribution in [0.1, 0.15) is 45.1 Å². The van der Waals surface area contributed by atoms with Crippen molar-refractivity contribution in [2.24, 2.45) is 0 Å². The van der Waals surface area contributed by atoms with Gasteiger partial charge < -0.3 is 5.11 Å². The van der Waals surface area contributed by atoms with E-state index < -0.39 is 12.0 Å². The Labute approximate surface area is 156 Å². The van der Waals surface area contributed by atoms with Crippen LogP contribution in [0.5, 0.6) is 0 Å². The maximum atomic E-state index is 11.1. The van der Waals surface area contributed by atoms with Crippen molar-refractivity contribution in [1.82, 2.24) is 20.2 Å². The summed E-state index contributed by atoms with van der Waals surface area (Å²) in [7, 11) is 0. The summed E-state index contributed by atoms with van der Waals surface area (Å²) >= 11 is 4.01. The summed E-state index contributed by atoms with van der Waals surface area (Å²) in [5.74, 6) is -0.918. The summed E-state index contributed by atoms with van der Waals surface area (Å²) in [6.07, 6.45) is 4.67. The number of aromatic nitrogens is 4. The van der Waals surface area contributed by atoms with Crippen molar-refractivity contribution in [3.8, 4) is 0 Å². The molecule has 1 atom stereocenters. The van der Waals surface area contributed by atoms with E-state index in [2.05, 4.69) is 35.1 Å². The average molecular weight is 292 g/mol. The summed E-state index contributed by atoms with van der Waals surface area (Å²) < 4.78 is 1.25. The van der Waals surface area contributed by atoms with Gasteiger partial charge in [-0.05, 0) is 16.8 Å². The molecule has 0 fully saturated rings. The normalized spacial score (nSPS) is 11.2. The van der Waals surface area contributed by atoms with Crippen LogP contribution in [-0.2, 0) is 4.79 Å². The number of carboxylic acids is 1. The standard InChI is InChI=1S/C9H16N4O2S.2Na.2H/c1-2-3-4-5-6-7(8(14)15)13-9(16)10-11-12-13;;;;/h7H,2-6H2,1H3,(H,14,15)(H,10,12,16);;;;. The Morgan fingerprint density at radius 1 is 1.39 bits per heavy atom. The Morgan fingerprint density at radius 3 is 2.50 bits per heavy atom. The van der Waals surface area contributed by atoms with Crippen LogP contribution in [0.3, 0.4) is 0 Å². The first-order valence-corrected chi connectivity index (χ1v) is 5.81. The number of thiol groups is 1. The van der Waals surface area contributed by atoms with Crippen LogP contribution in [0.25, 0.3) is 0 Å². The van der Waals surface area contributed by atoms with E-state index in [9.17, 15) is 4.79 Å². The van der Waals surface area contributed by atoms with Crippen LogP contribution in [-0.4, -0.2) is 90.4 Å². The number of hydrogen-bond donors (Lipinski definition) is 2. The Bertz CT molecular complexity index is 351. The van der Waals surface area contributed by atoms with Crippen LogP contribution in [0.2, 0.25) is 0 Å². The summed E-state index contributed by atoms with van der Waals surface area (Å²) in [6, 6.07) is -0.709. The number of carboxylic acid groups (broad SMARTS) is 1. The molecule has 18 heavy (non-hydrogen) atoms. The van der Waals surface area contributed by atoms with E-state index in [4.69, 9.17) is 5.11 Å². The molecule has 0 aromatic carbocycles. The van der Waals surface area contributed by atoms with E-state index in [1.807, 2.05) is 0 Å². The molecular weight excluding hydrogens is 274 g/mol. The van der Waals surface area contributed by atoms with Gasteiger partial charge in [0.25, 0.3) is 0 Å². The number of hydrogen-bond acceptors (Lipinski definition) is 5. The molecule has 1 N–H and O–H groups in total. The first-order chi connectivity index (χ1) is 7.66. The van der Waals surface area contributed by atoms with Gasteiger partial charge in [-0.25, -0.2) is 9.48 Å². The summed E-state index contributed by atoms with van der Waals surface area (Å²) in [6.45, 7) is 2.11. The number of carbonyl (C=O) groups is 1. The van der Waals surface area contributed by atoms with Crippen LogP contribution < -0.4 is 0 Å². The zero-order chi connectivity index (χ0) is 12.0. The molecule has 0 aliphatic carbocycles. The maximum absolute atomic E-state index is 11.1. The van der Waals surface area contributed by atoms with Crippen molar-refractivity contribution in [2.45, 2.75) is 50.2 Å². The number of rotatable bonds is 7. The average Bonchev–Trinajstić information content (AvgIpc) is 2.64. The number of nitrogens with zero attached hydrogens (tertiary/aromatic N) is 4. The third kappa shape index (κ3) is 6.88. The van der Waals surface area contributed by atoms with E-state index in [1.54, 1.807) is 0 Å². The Hall–Kier alpha value is 0.890. The number of tetrazole rings is 1. The van der Waals surface area contributed by atoms with Crippen molar-refractivity contribution < 1.29 is 9.90 Å². The van der Waals surface area contributed by atoms with Gasteiger partial charge in [-0.1, -0.05) is 32.6 Å². The van der Waals surface area contributed by atoms with Crippen molar-refractivity contribution in [2.75, 3.05) is 0 Å². The number of unbranched alkanes of at least 4 members (excludes halogenated alkanes) is 3. The first-order valence-electron chi connectivity index (χ1n) is 5.36. The molecule has 1 rings (SSSR count). The van der Waals surface area contributed by atoms with Gasteiger partial charge in [-0.3, -0.25) is 0 Å². The molecule has 1 heterocycles.